The zero-order chi connectivity index (χ0) is 12.8. The Labute approximate surface area is 100 Å². The molecule has 0 amide bonds. The zero-order valence-electron chi connectivity index (χ0n) is 9.94. The van der Waals surface area contributed by atoms with E-state index >= 15 is 0 Å². The minimum absolute atomic E-state index is 0.00630. The SMILES string of the molecule is CCCOc1ccc(B(O)O)c(OCC)c1F. The molecule has 0 heterocycles. The zero-order valence-corrected chi connectivity index (χ0v) is 9.94. The second-order valence-corrected chi connectivity index (χ2v) is 3.45. The van der Waals surface area contributed by atoms with Crippen molar-refractivity contribution in [3.63, 3.8) is 0 Å². The van der Waals surface area contributed by atoms with Crippen molar-refractivity contribution >= 4 is 12.6 Å². The lowest BCUT2D eigenvalue weighted by atomic mass is 9.79. The summed E-state index contributed by atoms with van der Waals surface area (Å²) in [6.45, 7) is 4.22. The van der Waals surface area contributed by atoms with E-state index < -0.39 is 12.9 Å². The summed E-state index contributed by atoms with van der Waals surface area (Å²) in [7, 11) is -1.77. The van der Waals surface area contributed by atoms with Crippen LogP contribution in [0.1, 0.15) is 20.3 Å². The molecule has 0 unspecified atom stereocenters. The quantitative estimate of drug-likeness (QED) is 0.720. The summed E-state index contributed by atoms with van der Waals surface area (Å²) in [4.78, 5) is 0. The standard InChI is InChI=1S/C11H16BFO4/c1-3-7-17-9-6-5-8(12(14)15)11(10(9)13)16-4-2/h5-6,14-15H,3-4,7H2,1-2H3. The van der Waals surface area contributed by atoms with Crippen LogP contribution < -0.4 is 14.9 Å². The summed E-state index contributed by atoms with van der Waals surface area (Å²) >= 11 is 0. The molecule has 0 saturated heterocycles. The van der Waals surface area contributed by atoms with Crippen LogP contribution in [-0.2, 0) is 0 Å². The summed E-state index contributed by atoms with van der Waals surface area (Å²) in [5, 5.41) is 18.2. The van der Waals surface area contributed by atoms with E-state index in [-0.39, 0.29) is 23.6 Å². The van der Waals surface area contributed by atoms with Crippen molar-refractivity contribution < 1.29 is 23.9 Å². The smallest absolute Gasteiger partial charge is 0.491 e. The third kappa shape index (κ3) is 3.34. The van der Waals surface area contributed by atoms with Gasteiger partial charge in [-0.1, -0.05) is 13.0 Å². The number of ether oxygens (including phenoxy) is 2. The summed E-state index contributed by atoms with van der Waals surface area (Å²) in [6, 6.07) is 2.74. The Morgan fingerprint density at radius 3 is 2.47 bits per heavy atom. The fourth-order valence-electron chi connectivity index (χ4n) is 1.37. The van der Waals surface area contributed by atoms with E-state index in [4.69, 9.17) is 19.5 Å². The summed E-state index contributed by atoms with van der Waals surface area (Å²) in [6.07, 6.45) is 0.758. The van der Waals surface area contributed by atoms with Gasteiger partial charge in [0, 0.05) is 5.46 Å². The molecule has 0 bridgehead atoms. The van der Waals surface area contributed by atoms with E-state index in [1.807, 2.05) is 6.92 Å². The van der Waals surface area contributed by atoms with Gasteiger partial charge in [-0.25, -0.2) is 0 Å². The van der Waals surface area contributed by atoms with E-state index in [0.29, 0.717) is 6.61 Å². The van der Waals surface area contributed by atoms with E-state index in [1.165, 1.54) is 12.1 Å². The average molecular weight is 242 g/mol. The largest absolute Gasteiger partial charge is 0.492 e. The second-order valence-electron chi connectivity index (χ2n) is 3.45. The van der Waals surface area contributed by atoms with Gasteiger partial charge in [0.25, 0.3) is 0 Å². The fourth-order valence-corrected chi connectivity index (χ4v) is 1.37. The molecule has 2 N–H and O–H groups in total. The topological polar surface area (TPSA) is 58.9 Å². The Balaban J connectivity index is 3.09. The first kappa shape index (κ1) is 13.8. The normalized spacial score (nSPS) is 10.2. The summed E-state index contributed by atoms with van der Waals surface area (Å²) in [5.74, 6) is -0.818. The van der Waals surface area contributed by atoms with Crippen LogP contribution >= 0.6 is 0 Å². The Morgan fingerprint density at radius 1 is 1.24 bits per heavy atom. The average Bonchev–Trinajstić information content (AvgIpc) is 2.30. The van der Waals surface area contributed by atoms with Gasteiger partial charge in [0.15, 0.2) is 11.5 Å². The van der Waals surface area contributed by atoms with Gasteiger partial charge in [0.2, 0.25) is 5.82 Å². The molecule has 94 valence electrons. The predicted molar refractivity (Wildman–Crippen MR) is 63.2 cm³/mol. The molecular formula is C11H16BFO4. The van der Waals surface area contributed by atoms with Crippen LogP contribution in [0.3, 0.4) is 0 Å². The van der Waals surface area contributed by atoms with Crippen LogP contribution in [0, 0.1) is 5.82 Å². The maximum atomic E-state index is 13.9. The van der Waals surface area contributed by atoms with E-state index in [1.54, 1.807) is 6.92 Å². The molecule has 17 heavy (non-hydrogen) atoms. The monoisotopic (exact) mass is 242 g/mol. The minimum atomic E-state index is -1.77. The Hall–Kier alpha value is -1.27. The van der Waals surface area contributed by atoms with Crippen molar-refractivity contribution in [3.8, 4) is 11.5 Å². The van der Waals surface area contributed by atoms with Crippen LogP contribution in [-0.4, -0.2) is 30.4 Å². The molecule has 0 fully saturated rings. The van der Waals surface area contributed by atoms with Gasteiger partial charge < -0.3 is 19.5 Å². The maximum absolute atomic E-state index is 13.9. The molecule has 0 aliphatic heterocycles. The molecule has 1 rings (SSSR count). The number of benzene rings is 1. The van der Waals surface area contributed by atoms with Crippen LogP contribution in [0.5, 0.6) is 11.5 Å². The highest BCUT2D eigenvalue weighted by molar-refractivity contribution is 6.59. The molecule has 0 aromatic heterocycles. The first-order valence-corrected chi connectivity index (χ1v) is 5.55. The molecule has 0 saturated carbocycles. The third-order valence-corrected chi connectivity index (χ3v) is 2.12. The second kappa shape index (κ2) is 6.47. The van der Waals surface area contributed by atoms with E-state index in [2.05, 4.69) is 0 Å². The lowest BCUT2D eigenvalue weighted by Gasteiger charge is -2.14. The highest BCUT2D eigenvalue weighted by atomic mass is 19.1. The van der Waals surface area contributed by atoms with Crippen molar-refractivity contribution in [2.45, 2.75) is 20.3 Å². The third-order valence-electron chi connectivity index (χ3n) is 2.12. The Bertz CT molecular complexity index is 371. The van der Waals surface area contributed by atoms with Crippen LogP contribution in [0.25, 0.3) is 0 Å². The van der Waals surface area contributed by atoms with Crippen LogP contribution in [0.15, 0.2) is 12.1 Å². The Kier molecular flexibility index (Phi) is 5.25. The van der Waals surface area contributed by atoms with Gasteiger partial charge >= 0.3 is 7.12 Å². The minimum Gasteiger partial charge on any atom is -0.491 e. The van der Waals surface area contributed by atoms with Gasteiger partial charge in [-0.2, -0.15) is 4.39 Å². The van der Waals surface area contributed by atoms with E-state index in [0.717, 1.165) is 6.42 Å². The van der Waals surface area contributed by atoms with Gasteiger partial charge in [-0.05, 0) is 19.4 Å². The summed E-state index contributed by atoms with van der Waals surface area (Å²) < 4.78 is 24.2. The molecule has 1 aromatic rings. The molecule has 0 aliphatic carbocycles. The molecule has 0 aliphatic rings. The molecule has 0 atom stereocenters. The molecule has 1 aromatic carbocycles. The van der Waals surface area contributed by atoms with Gasteiger partial charge in [-0.15, -0.1) is 0 Å². The molecule has 4 nitrogen and oxygen atoms in total. The molecule has 0 spiro atoms. The Morgan fingerprint density at radius 2 is 1.94 bits per heavy atom. The molecule has 0 radical (unpaired) electrons. The van der Waals surface area contributed by atoms with Gasteiger partial charge in [-0.3, -0.25) is 0 Å². The van der Waals surface area contributed by atoms with Gasteiger partial charge in [0.05, 0.1) is 13.2 Å². The lowest BCUT2D eigenvalue weighted by molar-refractivity contribution is 0.282. The fraction of sp³-hybridized carbons (Fsp3) is 0.455. The van der Waals surface area contributed by atoms with Crippen molar-refractivity contribution in [2.24, 2.45) is 0 Å². The first-order valence-electron chi connectivity index (χ1n) is 5.55. The number of halogens is 1. The highest BCUT2D eigenvalue weighted by Gasteiger charge is 2.23. The van der Waals surface area contributed by atoms with Gasteiger partial charge in [0.1, 0.15) is 0 Å². The number of hydrogen-bond donors (Lipinski definition) is 2. The van der Waals surface area contributed by atoms with Crippen molar-refractivity contribution in [1.29, 1.82) is 0 Å². The number of rotatable bonds is 6. The predicted octanol–water partition coefficient (Wildman–Crippen LogP) is 0.693. The molecule has 6 heteroatoms. The van der Waals surface area contributed by atoms with Crippen LogP contribution in [0.2, 0.25) is 0 Å². The highest BCUT2D eigenvalue weighted by Crippen LogP contribution is 2.25. The maximum Gasteiger partial charge on any atom is 0.492 e. The summed E-state index contributed by atoms with van der Waals surface area (Å²) in [5.41, 5.74) is -0.00630. The molecular weight excluding hydrogens is 226 g/mol. The van der Waals surface area contributed by atoms with Crippen molar-refractivity contribution in [3.05, 3.63) is 17.9 Å². The first-order chi connectivity index (χ1) is 8.11. The van der Waals surface area contributed by atoms with E-state index in [9.17, 15) is 4.39 Å². The lowest BCUT2D eigenvalue weighted by Crippen LogP contribution is -2.32. The van der Waals surface area contributed by atoms with Crippen molar-refractivity contribution in [2.75, 3.05) is 13.2 Å². The number of hydrogen-bond acceptors (Lipinski definition) is 4. The van der Waals surface area contributed by atoms with Crippen LogP contribution in [0.4, 0.5) is 4.39 Å². The van der Waals surface area contributed by atoms with Crippen molar-refractivity contribution in [1.82, 2.24) is 0 Å².